The third-order valence-electron chi connectivity index (χ3n) is 4.44. The van der Waals surface area contributed by atoms with Crippen molar-refractivity contribution in [3.63, 3.8) is 0 Å². The van der Waals surface area contributed by atoms with E-state index < -0.39 is 0 Å². The Balaban J connectivity index is 1.56. The maximum atomic E-state index is 12.2. The number of hydrogen-bond donors (Lipinski definition) is 1. The first-order valence-electron chi connectivity index (χ1n) is 8.72. The molecule has 0 aromatic carbocycles. The predicted octanol–water partition coefficient (Wildman–Crippen LogP) is 4.06. The molecule has 0 radical (unpaired) electrons. The van der Waals surface area contributed by atoms with E-state index in [0.717, 1.165) is 29.5 Å². The lowest BCUT2D eigenvalue weighted by molar-refractivity contribution is -0.116. The van der Waals surface area contributed by atoms with E-state index in [1.54, 1.807) is 0 Å². The van der Waals surface area contributed by atoms with Crippen LogP contribution in [0.15, 0.2) is 5.38 Å². The Morgan fingerprint density at radius 2 is 2.17 bits per heavy atom. The summed E-state index contributed by atoms with van der Waals surface area (Å²) in [4.78, 5) is 16.7. The third kappa shape index (κ3) is 4.04. The molecule has 0 saturated heterocycles. The Bertz CT molecular complexity index is 727. The van der Waals surface area contributed by atoms with Gasteiger partial charge in [0.05, 0.1) is 11.4 Å². The number of hydrogen-bond acceptors (Lipinski definition) is 4. The van der Waals surface area contributed by atoms with Gasteiger partial charge in [-0.1, -0.05) is 13.8 Å². The SMILES string of the molecule is Cc1nn(CC(C)C)c(C)c1CCC(=O)Nc1nc(C2CC2)cs1. The fourth-order valence-electron chi connectivity index (χ4n) is 2.95. The normalized spacial score (nSPS) is 14.4. The molecule has 1 aliphatic carbocycles. The van der Waals surface area contributed by atoms with Gasteiger partial charge < -0.3 is 5.32 Å². The van der Waals surface area contributed by atoms with Crippen LogP contribution in [0.1, 0.15) is 61.7 Å². The van der Waals surface area contributed by atoms with Gasteiger partial charge in [-0.2, -0.15) is 5.10 Å². The number of nitrogens with one attached hydrogen (secondary N) is 1. The molecule has 1 N–H and O–H groups in total. The van der Waals surface area contributed by atoms with Crippen LogP contribution in [0.2, 0.25) is 0 Å². The van der Waals surface area contributed by atoms with E-state index >= 15 is 0 Å². The summed E-state index contributed by atoms with van der Waals surface area (Å²) < 4.78 is 2.07. The van der Waals surface area contributed by atoms with Gasteiger partial charge in [0, 0.05) is 30.0 Å². The number of carbonyl (C=O) groups is 1. The average Bonchev–Trinajstić information content (AvgIpc) is 3.20. The largest absolute Gasteiger partial charge is 0.302 e. The highest BCUT2D eigenvalue weighted by Gasteiger charge is 2.26. The molecule has 0 bridgehead atoms. The van der Waals surface area contributed by atoms with Gasteiger partial charge in [-0.3, -0.25) is 9.48 Å². The van der Waals surface area contributed by atoms with Crippen molar-refractivity contribution in [1.29, 1.82) is 0 Å². The molecule has 1 saturated carbocycles. The quantitative estimate of drug-likeness (QED) is 0.822. The molecule has 1 aliphatic rings. The minimum absolute atomic E-state index is 0.0297. The zero-order chi connectivity index (χ0) is 17.3. The van der Waals surface area contributed by atoms with Crippen LogP contribution >= 0.6 is 11.3 Å². The Kier molecular flexibility index (Phi) is 5.04. The molecule has 0 aliphatic heterocycles. The molecule has 3 rings (SSSR count). The summed E-state index contributed by atoms with van der Waals surface area (Å²) in [5, 5.41) is 10.3. The second kappa shape index (κ2) is 7.05. The molecule has 0 atom stereocenters. The molecule has 2 aromatic rings. The first-order chi connectivity index (χ1) is 11.4. The van der Waals surface area contributed by atoms with Crippen molar-refractivity contribution in [3.8, 4) is 0 Å². The van der Waals surface area contributed by atoms with Crippen molar-refractivity contribution >= 4 is 22.4 Å². The number of carbonyl (C=O) groups excluding carboxylic acids is 1. The molecule has 130 valence electrons. The minimum atomic E-state index is 0.0297. The lowest BCUT2D eigenvalue weighted by atomic mass is 10.1. The van der Waals surface area contributed by atoms with Crippen molar-refractivity contribution in [2.45, 2.75) is 65.8 Å². The average molecular weight is 347 g/mol. The molecule has 2 aromatic heterocycles. The summed E-state index contributed by atoms with van der Waals surface area (Å²) in [6.07, 6.45) is 3.65. The maximum Gasteiger partial charge on any atom is 0.226 e. The van der Waals surface area contributed by atoms with Crippen LogP contribution in [0.4, 0.5) is 5.13 Å². The van der Waals surface area contributed by atoms with E-state index in [1.807, 2.05) is 6.92 Å². The van der Waals surface area contributed by atoms with Crippen LogP contribution in [0.3, 0.4) is 0 Å². The van der Waals surface area contributed by atoms with Gasteiger partial charge in [0.15, 0.2) is 5.13 Å². The number of aryl methyl sites for hydroxylation is 1. The van der Waals surface area contributed by atoms with Gasteiger partial charge in [-0.05, 0) is 44.6 Å². The number of amides is 1. The predicted molar refractivity (Wildman–Crippen MR) is 97.6 cm³/mol. The molecule has 1 amide bonds. The zero-order valence-electron chi connectivity index (χ0n) is 14.9. The van der Waals surface area contributed by atoms with E-state index in [4.69, 9.17) is 0 Å². The molecular weight excluding hydrogens is 320 g/mol. The molecule has 2 heterocycles. The smallest absolute Gasteiger partial charge is 0.226 e. The van der Waals surface area contributed by atoms with Crippen molar-refractivity contribution < 1.29 is 4.79 Å². The Morgan fingerprint density at radius 1 is 1.42 bits per heavy atom. The van der Waals surface area contributed by atoms with Crippen LogP contribution in [-0.4, -0.2) is 20.7 Å². The number of anilines is 1. The molecule has 1 fully saturated rings. The summed E-state index contributed by atoms with van der Waals surface area (Å²) in [5.41, 5.74) is 4.55. The highest BCUT2D eigenvalue weighted by molar-refractivity contribution is 7.13. The lowest BCUT2D eigenvalue weighted by Gasteiger charge is -2.08. The van der Waals surface area contributed by atoms with E-state index in [0.29, 0.717) is 18.3 Å². The Labute approximate surface area is 147 Å². The van der Waals surface area contributed by atoms with Crippen LogP contribution in [0.5, 0.6) is 0 Å². The summed E-state index contributed by atoms with van der Waals surface area (Å²) in [7, 11) is 0. The van der Waals surface area contributed by atoms with Crippen LogP contribution in [0.25, 0.3) is 0 Å². The van der Waals surface area contributed by atoms with Crippen LogP contribution < -0.4 is 5.32 Å². The number of thiazole rings is 1. The van der Waals surface area contributed by atoms with E-state index in [2.05, 4.69) is 46.2 Å². The molecule has 0 spiro atoms. The van der Waals surface area contributed by atoms with Gasteiger partial charge in [-0.15, -0.1) is 11.3 Å². The third-order valence-corrected chi connectivity index (χ3v) is 5.21. The second-order valence-corrected chi connectivity index (χ2v) is 7.98. The van der Waals surface area contributed by atoms with Crippen molar-refractivity contribution in [2.75, 3.05) is 5.32 Å². The topological polar surface area (TPSA) is 59.8 Å². The van der Waals surface area contributed by atoms with Crippen LogP contribution in [-0.2, 0) is 17.8 Å². The summed E-state index contributed by atoms with van der Waals surface area (Å²) in [5.74, 6) is 1.22. The van der Waals surface area contributed by atoms with E-state index in [-0.39, 0.29) is 5.91 Å². The van der Waals surface area contributed by atoms with Crippen molar-refractivity contribution in [3.05, 3.63) is 28.0 Å². The summed E-state index contributed by atoms with van der Waals surface area (Å²) in [6.45, 7) is 9.42. The maximum absolute atomic E-state index is 12.2. The Hall–Kier alpha value is -1.69. The standard InChI is InChI=1S/C18H26N4OS/c1-11(2)9-22-13(4)15(12(3)21-22)7-8-17(23)20-18-19-16(10-24-18)14-5-6-14/h10-11,14H,5-9H2,1-4H3,(H,19,20,23). The fraction of sp³-hybridized carbons (Fsp3) is 0.611. The molecule has 24 heavy (non-hydrogen) atoms. The summed E-state index contributed by atoms with van der Waals surface area (Å²) in [6, 6.07) is 0. The Morgan fingerprint density at radius 3 is 2.83 bits per heavy atom. The van der Waals surface area contributed by atoms with Gasteiger partial charge in [0.2, 0.25) is 5.91 Å². The molecule has 6 heteroatoms. The molecule has 0 unspecified atom stereocenters. The minimum Gasteiger partial charge on any atom is -0.302 e. The lowest BCUT2D eigenvalue weighted by Crippen LogP contribution is -2.13. The van der Waals surface area contributed by atoms with Gasteiger partial charge in [-0.25, -0.2) is 4.98 Å². The van der Waals surface area contributed by atoms with Gasteiger partial charge >= 0.3 is 0 Å². The first-order valence-corrected chi connectivity index (χ1v) is 9.60. The van der Waals surface area contributed by atoms with Crippen molar-refractivity contribution in [2.24, 2.45) is 5.92 Å². The van der Waals surface area contributed by atoms with Crippen LogP contribution in [0, 0.1) is 19.8 Å². The van der Waals surface area contributed by atoms with E-state index in [9.17, 15) is 4.79 Å². The molecule has 5 nitrogen and oxygen atoms in total. The van der Waals surface area contributed by atoms with Gasteiger partial charge in [0.1, 0.15) is 0 Å². The number of nitrogens with zero attached hydrogens (tertiary/aromatic N) is 3. The molecular formula is C18H26N4OS. The monoisotopic (exact) mass is 346 g/mol. The van der Waals surface area contributed by atoms with E-state index in [1.165, 1.54) is 35.4 Å². The fourth-order valence-corrected chi connectivity index (χ4v) is 3.76. The summed E-state index contributed by atoms with van der Waals surface area (Å²) >= 11 is 1.53. The highest BCUT2D eigenvalue weighted by Crippen LogP contribution is 2.40. The van der Waals surface area contributed by atoms with Gasteiger partial charge in [0.25, 0.3) is 0 Å². The first kappa shape index (κ1) is 17.1. The second-order valence-electron chi connectivity index (χ2n) is 7.13. The number of rotatable bonds is 7. The number of aromatic nitrogens is 3. The zero-order valence-corrected chi connectivity index (χ0v) is 15.7. The highest BCUT2D eigenvalue weighted by atomic mass is 32.1. The van der Waals surface area contributed by atoms with Crippen molar-refractivity contribution in [1.82, 2.24) is 14.8 Å².